The van der Waals surface area contributed by atoms with Gasteiger partial charge < -0.3 is 19.9 Å². The highest BCUT2D eigenvalue weighted by molar-refractivity contribution is 7.15. The maximum absolute atomic E-state index is 12.6. The summed E-state index contributed by atoms with van der Waals surface area (Å²) in [5.74, 6) is 0.941. The minimum Gasteiger partial charge on any atom is -0.495 e. The fourth-order valence-electron chi connectivity index (χ4n) is 3.52. The second-order valence-corrected chi connectivity index (χ2v) is 8.12. The van der Waals surface area contributed by atoms with Crippen LogP contribution < -0.4 is 15.0 Å². The fraction of sp³-hybridized carbons (Fsp3) is 0.318. The number of methoxy groups -OCH3 is 1. The van der Waals surface area contributed by atoms with Gasteiger partial charge in [-0.05, 0) is 17.7 Å². The van der Waals surface area contributed by atoms with Crippen molar-refractivity contribution in [3.63, 3.8) is 0 Å². The van der Waals surface area contributed by atoms with Gasteiger partial charge in [-0.3, -0.25) is 4.79 Å². The van der Waals surface area contributed by atoms with Crippen LogP contribution in [0.1, 0.15) is 10.6 Å². The molecule has 4 rings (SSSR count). The van der Waals surface area contributed by atoms with Gasteiger partial charge in [0.15, 0.2) is 0 Å². The Hall–Kier alpha value is -3.13. The van der Waals surface area contributed by atoms with Crippen LogP contribution in [0.15, 0.2) is 54.6 Å². The van der Waals surface area contributed by atoms with E-state index < -0.39 is 0 Å². The molecule has 0 unspecified atom stereocenters. The third-order valence-electron chi connectivity index (χ3n) is 5.11. The molecule has 1 aliphatic heterocycles. The van der Waals surface area contributed by atoms with Gasteiger partial charge in [0.1, 0.15) is 10.8 Å². The van der Waals surface area contributed by atoms with Crippen molar-refractivity contribution < 1.29 is 9.53 Å². The summed E-state index contributed by atoms with van der Waals surface area (Å²) in [6.45, 7) is 3.18. The lowest BCUT2D eigenvalue weighted by Crippen LogP contribution is -2.50. The highest BCUT2D eigenvalue weighted by atomic mass is 32.1. The van der Waals surface area contributed by atoms with Crippen molar-refractivity contribution in [1.29, 1.82) is 0 Å². The summed E-state index contributed by atoms with van der Waals surface area (Å²) in [5, 5.41) is 13.1. The smallest absolute Gasteiger partial charge is 0.242 e. The first-order chi connectivity index (χ1) is 14.7. The molecule has 8 heteroatoms. The lowest BCUT2D eigenvalue weighted by atomic mass is 10.2. The Kier molecular flexibility index (Phi) is 6.44. The normalized spacial score (nSPS) is 13.9. The van der Waals surface area contributed by atoms with Gasteiger partial charge in [0.05, 0.1) is 19.3 Å². The number of carbonyl (C=O) groups excluding carboxylic acids is 1. The molecule has 1 amide bonds. The van der Waals surface area contributed by atoms with Gasteiger partial charge in [0.2, 0.25) is 11.0 Å². The first-order valence-electron chi connectivity index (χ1n) is 9.99. The molecule has 2 aromatic carbocycles. The van der Waals surface area contributed by atoms with Crippen LogP contribution in [0.2, 0.25) is 0 Å². The fourth-order valence-corrected chi connectivity index (χ4v) is 4.29. The van der Waals surface area contributed by atoms with Crippen LogP contribution in [-0.2, 0) is 11.2 Å². The maximum atomic E-state index is 12.6. The molecular weight excluding hydrogens is 398 g/mol. The van der Waals surface area contributed by atoms with Crippen molar-refractivity contribution in [3.05, 3.63) is 65.2 Å². The van der Waals surface area contributed by atoms with Crippen molar-refractivity contribution in [3.8, 4) is 5.75 Å². The standard InChI is InChI=1S/C22H25N5O2S/c1-29-19-10-6-5-9-18(19)26-11-13-27(14-12-26)21(28)16-23-22-25-24-20(30-22)15-17-7-3-2-4-8-17/h2-10H,11-16H2,1H3,(H,23,25). The average Bonchev–Trinajstić information content (AvgIpc) is 3.25. The summed E-state index contributed by atoms with van der Waals surface area (Å²) >= 11 is 1.49. The molecule has 1 fully saturated rings. The number of nitrogens with zero attached hydrogens (tertiary/aromatic N) is 4. The van der Waals surface area contributed by atoms with Crippen molar-refractivity contribution in [1.82, 2.24) is 15.1 Å². The first kappa shape index (κ1) is 20.2. The Labute approximate surface area is 180 Å². The molecule has 156 valence electrons. The van der Waals surface area contributed by atoms with E-state index >= 15 is 0 Å². The molecule has 2 heterocycles. The monoisotopic (exact) mass is 423 g/mol. The minimum absolute atomic E-state index is 0.0782. The van der Waals surface area contributed by atoms with Crippen LogP contribution in [0, 0.1) is 0 Å². The van der Waals surface area contributed by atoms with Crippen LogP contribution >= 0.6 is 11.3 Å². The van der Waals surface area contributed by atoms with Crippen LogP contribution in [0.5, 0.6) is 5.75 Å². The second kappa shape index (κ2) is 9.58. The number of rotatable bonds is 7. The Morgan fingerprint density at radius 3 is 2.53 bits per heavy atom. The number of benzene rings is 2. The van der Waals surface area contributed by atoms with Gasteiger partial charge in [0, 0.05) is 32.6 Å². The van der Waals surface area contributed by atoms with E-state index in [1.54, 1.807) is 7.11 Å². The predicted octanol–water partition coefficient (Wildman–Crippen LogP) is 2.90. The van der Waals surface area contributed by atoms with Gasteiger partial charge in [-0.15, -0.1) is 10.2 Å². The highest BCUT2D eigenvalue weighted by Gasteiger charge is 2.22. The van der Waals surface area contributed by atoms with E-state index in [1.165, 1.54) is 16.9 Å². The number of ether oxygens (including phenoxy) is 1. The Morgan fingerprint density at radius 1 is 1.03 bits per heavy atom. The van der Waals surface area contributed by atoms with Crippen LogP contribution in [0.25, 0.3) is 0 Å². The minimum atomic E-state index is 0.0782. The molecular formula is C22H25N5O2S. The van der Waals surface area contributed by atoms with Crippen LogP contribution in [0.3, 0.4) is 0 Å². The number of amides is 1. The van der Waals surface area contributed by atoms with Crippen molar-refractivity contribution in [2.24, 2.45) is 0 Å². The summed E-state index contributed by atoms with van der Waals surface area (Å²) < 4.78 is 5.46. The van der Waals surface area contributed by atoms with Crippen molar-refractivity contribution >= 4 is 28.1 Å². The van der Waals surface area contributed by atoms with Gasteiger partial charge >= 0.3 is 0 Å². The molecule has 0 saturated carbocycles. The van der Waals surface area contributed by atoms with Crippen molar-refractivity contribution in [2.75, 3.05) is 50.1 Å². The third-order valence-corrected chi connectivity index (χ3v) is 6.00. The zero-order valence-corrected chi connectivity index (χ0v) is 17.8. The van der Waals surface area contributed by atoms with E-state index in [4.69, 9.17) is 4.74 Å². The average molecular weight is 424 g/mol. The number of piperazine rings is 1. The molecule has 30 heavy (non-hydrogen) atoms. The number of hydrogen-bond acceptors (Lipinski definition) is 7. The molecule has 1 aliphatic rings. The number of para-hydroxylation sites is 2. The van der Waals surface area contributed by atoms with Crippen LogP contribution in [-0.4, -0.2) is 60.8 Å². The molecule has 1 N–H and O–H groups in total. The number of nitrogens with one attached hydrogen (secondary N) is 1. The zero-order valence-electron chi connectivity index (χ0n) is 17.0. The Bertz CT molecular complexity index is 970. The molecule has 7 nitrogen and oxygen atoms in total. The molecule has 1 saturated heterocycles. The molecule has 3 aromatic rings. The zero-order chi connectivity index (χ0) is 20.8. The Morgan fingerprint density at radius 2 is 1.77 bits per heavy atom. The first-order valence-corrected chi connectivity index (χ1v) is 10.8. The van der Waals surface area contributed by atoms with Gasteiger partial charge in [-0.25, -0.2) is 0 Å². The molecule has 1 aromatic heterocycles. The van der Waals surface area contributed by atoms with Gasteiger partial charge in [0.25, 0.3) is 0 Å². The Balaban J connectivity index is 1.25. The quantitative estimate of drug-likeness (QED) is 0.630. The summed E-state index contributed by atoms with van der Waals surface area (Å²) in [5.41, 5.74) is 2.27. The second-order valence-electron chi connectivity index (χ2n) is 7.06. The molecule has 0 bridgehead atoms. The molecule has 0 radical (unpaired) electrons. The molecule has 0 spiro atoms. The SMILES string of the molecule is COc1ccccc1N1CCN(C(=O)CNc2nnc(Cc3ccccc3)s2)CC1. The van der Waals surface area contributed by atoms with E-state index in [2.05, 4.69) is 38.6 Å². The molecule has 0 atom stereocenters. The summed E-state index contributed by atoms with van der Waals surface area (Å²) in [4.78, 5) is 16.8. The number of hydrogen-bond donors (Lipinski definition) is 1. The predicted molar refractivity (Wildman–Crippen MR) is 119 cm³/mol. The largest absolute Gasteiger partial charge is 0.495 e. The number of carbonyl (C=O) groups is 1. The maximum Gasteiger partial charge on any atom is 0.242 e. The lowest BCUT2D eigenvalue weighted by molar-refractivity contribution is -0.129. The highest BCUT2D eigenvalue weighted by Crippen LogP contribution is 2.28. The van der Waals surface area contributed by atoms with E-state index in [1.807, 2.05) is 41.3 Å². The van der Waals surface area contributed by atoms with E-state index in [-0.39, 0.29) is 12.5 Å². The number of anilines is 2. The number of aromatic nitrogens is 2. The van der Waals surface area contributed by atoms with E-state index in [0.717, 1.165) is 36.0 Å². The third kappa shape index (κ3) is 4.88. The van der Waals surface area contributed by atoms with E-state index in [9.17, 15) is 4.79 Å². The topological polar surface area (TPSA) is 70.6 Å². The van der Waals surface area contributed by atoms with Gasteiger partial charge in [-0.2, -0.15) is 0 Å². The summed E-state index contributed by atoms with van der Waals surface area (Å²) in [6.07, 6.45) is 0.749. The summed E-state index contributed by atoms with van der Waals surface area (Å²) in [6, 6.07) is 18.2. The van der Waals surface area contributed by atoms with Crippen molar-refractivity contribution in [2.45, 2.75) is 6.42 Å². The van der Waals surface area contributed by atoms with Gasteiger partial charge in [-0.1, -0.05) is 53.8 Å². The van der Waals surface area contributed by atoms with E-state index in [0.29, 0.717) is 18.2 Å². The molecule has 0 aliphatic carbocycles. The summed E-state index contributed by atoms with van der Waals surface area (Å²) in [7, 11) is 1.68. The van der Waals surface area contributed by atoms with Crippen LogP contribution in [0.4, 0.5) is 10.8 Å². The lowest BCUT2D eigenvalue weighted by Gasteiger charge is -2.36.